The van der Waals surface area contributed by atoms with Crippen LogP contribution < -0.4 is 15.2 Å². The maximum absolute atomic E-state index is 12.9. The van der Waals surface area contributed by atoms with Crippen LogP contribution >= 0.6 is 0 Å². The third kappa shape index (κ3) is 2.19. The van der Waals surface area contributed by atoms with E-state index in [9.17, 15) is 13.2 Å². The van der Waals surface area contributed by atoms with Crippen LogP contribution in [-0.2, 0) is 6.18 Å². The Morgan fingerprint density at radius 3 is 2.15 bits per heavy atom. The zero-order valence-electron chi connectivity index (χ0n) is 11.1. The second-order valence-corrected chi connectivity index (χ2v) is 4.22. The van der Waals surface area contributed by atoms with E-state index in [-0.39, 0.29) is 16.8 Å². The lowest BCUT2D eigenvalue weighted by Crippen LogP contribution is -2.12. The number of hydrogen-bond acceptors (Lipinski definition) is 4. The summed E-state index contributed by atoms with van der Waals surface area (Å²) in [6.45, 7) is 1.29. The first kappa shape index (κ1) is 14.2. The smallest absolute Gasteiger partial charge is 0.433 e. The van der Waals surface area contributed by atoms with Crippen molar-refractivity contribution in [3.8, 4) is 11.5 Å². The maximum Gasteiger partial charge on any atom is 0.433 e. The van der Waals surface area contributed by atoms with Crippen LogP contribution in [0.5, 0.6) is 11.5 Å². The number of anilines is 1. The highest BCUT2D eigenvalue weighted by atomic mass is 19.4. The van der Waals surface area contributed by atoms with Crippen molar-refractivity contribution in [2.45, 2.75) is 13.1 Å². The second-order valence-electron chi connectivity index (χ2n) is 4.22. The third-order valence-electron chi connectivity index (χ3n) is 3.05. The van der Waals surface area contributed by atoms with E-state index in [0.717, 1.165) is 0 Å². The average molecular weight is 286 g/mol. The minimum absolute atomic E-state index is 0.0308. The first-order valence-electron chi connectivity index (χ1n) is 5.68. The predicted molar refractivity (Wildman–Crippen MR) is 69.0 cm³/mol. The van der Waals surface area contributed by atoms with Gasteiger partial charge in [-0.1, -0.05) is 0 Å². The Hall–Kier alpha value is -2.18. The van der Waals surface area contributed by atoms with Crippen molar-refractivity contribution in [1.82, 2.24) is 4.98 Å². The standard InChI is InChI=1S/C13H13F3N2O2/c1-6-11(17)7-4-9(19-2)10(20-3)5-8(7)18-12(6)13(14,15)16/h4-5H,1-3H3,(H2,17,18). The zero-order valence-corrected chi connectivity index (χ0v) is 11.1. The molecule has 1 aromatic heterocycles. The van der Waals surface area contributed by atoms with E-state index in [0.29, 0.717) is 16.9 Å². The molecule has 0 atom stereocenters. The summed E-state index contributed by atoms with van der Waals surface area (Å²) in [7, 11) is 2.83. The molecule has 0 amide bonds. The number of aromatic nitrogens is 1. The molecule has 0 aliphatic heterocycles. The van der Waals surface area contributed by atoms with Crippen molar-refractivity contribution < 1.29 is 22.6 Å². The normalized spacial score (nSPS) is 11.7. The SMILES string of the molecule is COc1cc2nc(C(F)(F)F)c(C)c(N)c2cc1OC. The number of methoxy groups -OCH3 is 2. The molecule has 1 aromatic carbocycles. The summed E-state index contributed by atoms with van der Waals surface area (Å²) in [6, 6.07) is 2.89. The van der Waals surface area contributed by atoms with Gasteiger partial charge in [0.2, 0.25) is 0 Å². The Kier molecular flexibility index (Phi) is 3.37. The van der Waals surface area contributed by atoms with Gasteiger partial charge < -0.3 is 15.2 Å². The number of ether oxygens (including phenoxy) is 2. The third-order valence-corrected chi connectivity index (χ3v) is 3.05. The molecule has 1 heterocycles. The van der Waals surface area contributed by atoms with Crippen molar-refractivity contribution in [2.24, 2.45) is 0 Å². The number of fused-ring (bicyclic) bond motifs is 1. The van der Waals surface area contributed by atoms with Crippen molar-refractivity contribution in [3.63, 3.8) is 0 Å². The minimum Gasteiger partial charge on any atom is -0.493 e. The zero-order chi connectivity index (χ0) is 15.1. The van der Waals surface area contributed by atoms with Gasteiger partial charge in [-0.15, -0.1) is 0 Å². The van der Waals surface area contributed by atoms with Crippen LogP contribution in [0.25, 0.3) is 10.9 Å². The lowest BCUT2D eigenvalue weighted by Gasteiger charge is -2.15. The molecular formula is C13H13F3N2O2. The Labute approximate surface area is 113 Å². The van der Waals surface area contributed by atoms with E-state index in [1.165, 1.54) is 33.3 Å². The summed E-state index contributed by atoms with van der Waals surface area (Å²) in [5.41, 5.74) is 4.84. The quantitative estimate of drug-likeness (QED) is 0.921. The number of benzene rings is 1. The molecule has 2 N–H and O–H groups in total. The molecule has 0 spiro atoms. The van der Waals surface area contributed by atoms with Gasteiger partial charge in [-0.3, -0.25) is 0 Å². The number of rotatable bonds is 2. The van der Waals surface area contributed by atoms with Gasteiger partial charge in [-0.05, 0) is 13.0 Å². The fourth-order valence-electron chi connectivity index (χ4n) is 1.99. The molecule has 2 aromatic rings. The lowest BCUT2D eigenvalue weighted by atomic mass is 10.1. The first-order chi connectivity index (χ1) is 9.29. The molecule has 20 heavy (non-hydrogen) atoms. The van der Waals surface area contributed by atoms with Gasteiger partial charge in [-0.2, -0.15) is 13.2 Å². The molecule has 2 rings (SSSR count). The van der Waals surface area contributed by atoms with Gasteiger partial charge in [0, 0.05) is 22.7 Å². The van der Waals surface area contributed by atoms with E-state index in [1.807, 2.05) is 0 Å². The topological polar surface area (TPSA) is 57.4 Å². The van der Waals surface area contributed by atoms with Crippen LogP contribution in [-0.4, -0.2) is 19.2 Å². The summed E-state index contributed by atoms with van der Waals surface area (Å²) >= 11 is 0. The largest absolute Gasteiger partial charge is 0.493 e. The molecule has 108 valence electrons. The highest BCUT2D eigenvalue weighted by Crippen LogP contribution is 2.39. The number of hydrogen-bond donors (Lipinski definition) is 1. The van der Waals surface area contributed by atoms with Crippen LogP contribution in [0.4, 0.5) is 18.9 Å². The van der Waals surface area contributed by atoms with Gasteiger partial charge in [0.15, 0.2) is 11.5 Å². The van der Waals surface area contributed by atoms with E-state index >= 15 is 0 Å². The molecular weight excluding hydrogens is 273 g/mol. The molecule has 0 unspecified atom stereocenters. The molecule has 0 saturated heterocycles. The van der Waals surface area contributed by atoms with Gasteiger partial charge in [0.1, 0.15) is 5.69 Å². The Morgan fingerprint density at radius 1 is 1.10 bits per heavy atom. The Balaban J connectivity index is 2.84. The number of halogens is 3. The highest BCUT2D eigenvalue weighted by molar-refractivity contribution is 5.94. The molecule has 0 fully saturated rings. The summed E-state index contributed by atoms with van der Waals surface area (Å²) in [5.74, 6) is 0.677. The molecule has 4 nitrogen and oxygen atoms in total. The van der Waals surface area contributed by atoms with Gasteiger partial charge in [0.25, 0.3) is 0 Å². The van der Waals surface area contributed by atoms with Crippen molar-refractivity contribution >= 4 is 16.6 Å². The van der Waals surface area contributed by atoms with Gasteiger partial charge in [0.05, 0.1) is 19.7 Å². The number of alkyl halides is 3. The maximum atomic E-state index is 12.9. The summed E-state index contributed by atoms with van der Waals surface area (Å²) in [6.07, 6.45) is -4.56. The van der Waals surface area contributed by atoms with Crippen LogP contribution in [0.3, 0.4) is 0 Å². The van der Waals surface area contributed by atoms with Gasteiger partial charge in [-0.25, -0.2) is 4.98 Å². The monoisotopic (exact) mass is 286 g/mol. The molecule has 0 saturated carbocycles. The minimum atomic E-state index is -4.56. The molecule has 0 bridgehead atoms. The number of nitrogens with zero attached hydrogens (tertiary/aromatic N) is 1. The highest BCUT2D eigenvalue weighted by Gasteiger charge is 2.35. The first-order valence-corrected chi connectivity index (χ1v) is 5.68. The molecule has 0 aliphatic carbocycles. The van der Waals surface area contributed by atoms with E-state index in [1.54, 1.807) is 0 Å². The summed E-state index contributed by atoms with van der Waals surface area (Å²) in [5, 5.41) is 0.396. The van der Waals surface area contributed by atoms with Crippen LogP contribution in [0.15, 0.2) is 12.1 Å². The van der Waals surface area contributed by atoms with Crippen molar-refractivity contribution in [1.29, 1.82) is 0 Å². The van der Waals surface area contributed by atoms with E-state index in [4.69, 9.17) is 15.2 Å². The Morgan fingerprint density at radius 2 is 1.65 bits per heavy atom. The second kappa shape index (κ2) is 4.73. The fourth-order valence-corrected chi connectivity index (χ4v) is 1.99. The number of nitrogens with two attached hydrogens (primary N) is 1. The molecule has 0 aliphatic rings. The number of nitrogen functional groups attached to an aromatic ring is 1. The lowest BCUT2D eigenvalue weighted by molar-refractivity contribution is -0.141. The van der Waals surface area contributed by atoms with Crippen LogP contribution in [0.1, 0.15) is 11.3 Å². The average Bonchev–Trinajstić information content (AvgIpc) is 2.40. The summed E-state index contributed by atoms with van der Waals surface area (Å²) < 4.78 is 48.9. The number of pyridine rings is 1. The Bertz CT molecular complexity index is 669. The van der Waals surface area contributed by atoms with Crippen LogP contribution in [0.2, 0.25) is 0 Å². The van der Waals surface area contributed by atoms with Crippen LogP contribution in [0, 0.1) is 6.92 Å². The van der Waals surface area contributed by atoms with E-state index < -0.39 is 11.9 Å². The van der Waals surface area contributed by atoms with E-state index in [2.05, 4.69) is 4.98 Å². The molecule has 7 heteroatoms. The van der Waals surface area contributed by atoms with Gasteiger partial charge >= 0.3 is 6.18 Å². The summed E-state index contributed by atoms with van der Waals surface area (Å²) in [4.78, 5) is 3.65. The van der Waals surface area contributed by atoms with Crippen molar-refractivity contribution in [2.75, 3.05) is 20.0 Å². The predicted octanol–water partition coefficient (Wildman–Crippen LogP) is 3.16. The molecule has 0 radical (unpaired) electrons. The van der Waals surface area contributed by atoms with Crippen molar-refractivity contribution in [3.05, 3.63) is 23.4 Å². The fraction of sp³-hybridized carbons (Fsp3) is 0.308.